The second kappa shape index (κ2) is 12.0. The monoisotopic (exact) mass is 444 g/mol. The van der Waals surface area contributed by atoms with Crippen LogP contribution in [0.3, 0.4) is 0 Å². The molecule has 5 nitrogen and oxygen atoms in total. The van der Waals surface area contributed by atoms with Crippen LogP contribution in [0.2, 0.25) is 23.2 Å². The Labute approximate surface area is 180 Å². The molecule has 0 bridgehead atoms. The van der Waals surface area contributed by atoms with Gasteiger partial charge in [-0.25, -0.2) is 0 Å². The highest BCUT2D eigenvalue weighted by atomic mass is 28.4. The maximum absolute atomic E-state index is 13.4. The van der Waals surface area contributed by atoms with Gasteiger partial charge < -0.3 is 17.7 Å². The van der Waals surface area contributed by atoms with Crippen molar-refractivity contribution in [2.75, 3.05) is 21.3 Å². The predicted octanol–water partition coefficient (Wildman–Crippen LogP) is 6.07. The minimum absolute atomic E-state index is 0.0324. The highest BCUT2D eigenvalue weighted by Crippen LogP contribution is 2.53. The number of hydrogen-bond acceptors (Lipinski definition) is 5. The Morgan fingerprint density at radius 3 is 1.79 bits per heavy atom. The summed E-state index contributed by atoms with van der Waals surface area (Å²) < 4.78 is 23.4. The lowest BCUT2D eigenvalue weighted by molar-refractivity contribution is -0.139. The first kappa shape index (κ1) is 25.0. The molecule has 0 radical (unpaired) electrons. The lowest BCUT2D eigenvalue weighted by Crippen LogP contribution is -2.50. The molecule has 2 aliphatic carbocycles. The van der Waals surface area contributed by atoms with Crippen LogP contribution in [-0.4, -0.2) is 44.4 Å². The molecule has 2 saturated carbocycles. The topological polar surface area (TPSA) is 54.0 Å². The van der Waals surface area contributed by atoms with Crippen LogP contribution in [0.25, 0.3) is 0 Å². The van der Waals surface area contributed by atoms with Crippen molar-refractivity contribution in [2.24, 2.45) is 5.92 Å². The van der Waals surface area contributed by atoms with Crippen LogP contribution < -0.4 is 0 Å². The molecule has 0 amide bonds. The molecule has 0 saturated heterocycles. The van der Waals surface area contributed by atoms with Crippen LogP contribution in [0.15, 0.2) is 0 Å². The summed E-state index contributed by atoms with van der Waals surface area (Å²) in [6.45, 7) is 4.21. The van der Waals surface area contributed by atoms with Crippen LogP contribution in [0.1, 0.15) is 84.5 Å². The Kier molecular flexibility index (Phi) is 10.3. The first-order chi connectivity index (χ1) is 14.0. The number of unbranched alkanes of at least 4 members (excludes halogenated alkanes) is 2. The molecule has 0 aromatic heterocycles. The number of hydrogen-bond donors (Lipinski definition) is 0. The molecule has 0 aromatic carbocycles. The van der Waals surface area contributed by atoms with Crippen molar-refractivity contribution >= 4 is 23.1 Å². The van der Waals surface area contributed by atoms with Gasteiger partial charge in [-0.3, -0.25) is 4.79 Å². The van der Waals surface area contributed by atoms with Crippen LogP contribution in [0, 0.1) is 5.92 Å². The molecular formula is C22H44O5Si2. The van der Waals surface area contributed by atoms with Crippen LogP contribution >= 0.6 is 0 Å². The Bertz CT molecular complexity index is 461. The second-order valence-corrected chi connectivity index (χ2v) is 16.4. The van der Waals surface area contributed by atoms with Crippen molar-refractivity contribution in [1.82, 2.24) is 0 Å². The van der Waals surface area contributed by atoms with Gasteiger partial charge in [0.25, 0.3) is 14.3 Å². The molecular weight excluding hydrogens is 400 g/mol. The Morgan fingerprint density at radius 1 is 0.897 bits per heavy atom. The quantitative estimate of drug-likeness (QED) is 0.255. The van der Waals surface area contributed by atoms with E-state index in [-0.39, 0.29) is 11.9 Å². The zero-order valence-electron chi connectivity index (χ0n) is 19.5. The number of carbonyl (C=O) groups is 1. The lowest BCUT2D eigenvalue weighted by atomic mass is 10.2. The van der Waals surface area contributed by atoms with Gasteiger partial charge in [0.05, 0.1) is 5.92 Å². The van der Waals surface area contributed by atoms with Crippen molar-refractivity contribution in [3.05, 3.63) is 0 Å². The van der Waals surface area contributed by atoms with E-state index in [0.29, 0.717) is 17.1 Å². The Morgan fingerprint density at radius 2 is 1.38 bits per heavy atom. The van der Waals surface area contributed by atoms with Gasteiger partial charge in [0.2, 0.25) is 0 Å². The van der Waals surface area contributed by atoms with Gasteiger partial charge in [-0.1, -0.05) is 58.8 Å². The minimum atomic E-state index is -2.80. The van der Waals surface area contributed by atoms with Crippen molar-refractivity contribution in [3.63, 3.8) is 0 Å². The zero-order valence-corrected chi connectivity index (χ0v) is 21.5. The maximum atomic E-state index is 13.4. The summed E-state index contributed by atoms with van der Waals surface area (Å²) in [7, 11) is -0.125. The van der Waals surface area contributed by atoms with Gasteiger partial charge in [-0.2, -0.15) is 0 Å². The standard InChI is InChI=1S/C22H44O5Si2/c1-6-7-12-17-28(20-13-8-9-14-20,21-15-10-11-16-21)27-22(23)19(2)18-29(24-3,25-4)26-5/h19-21H,6-18H2,1-5H3. The van der Waals surface area contributed by atoms with E-state index in [9.17, 15) is 4.79 Å². The van der Waals surface area contributed by atoms with Crippen LogP contribution in [0.4, 0.5) is 0 Å². The third kappa shape index (κ3) is 6.15. The SMILES string of the molecule is CCCCC[Si](OC(=O)C(C)C[Si](OC)(OC)OC)(C1CCCC1)C1CCCC1. The average molecular weight is 445 g/mol. The van der Waals surface area contributed by atoms with Crippen molar-refractivity contribution in [1.29, 1.82) is 0 Å². The van der Waals surface area contributed by atoms with Gasteiger partial charge in [-0.05, 0) is 42.8 Å². The van der Waals surface area contributed by atoms with Gasteiger partial charge >= 0.3 is 8.80 Å². The van der Waals surface area contributed by atoms with E-state index in [2.05, 4.69) is 6.92 Å². The van der Waals surface area contributed by atoms with E-state index >= 15 is 0 Å². The summed E-state index contributed by atoms with van der Waals surface area (Å²) in [5, 5.41) is 0. The number of carbonyl (C=O) groups excluding carboxylic acids is 1. The molecule has 2 fully saturated rings. The molecule has 0 aromatic rings. The van der Waals surface area contributed by atoms with Gasteiger partial charge in [-0.15, -0.1) is 0 Å². The van der Waals surface area contributed by atoms with Crippen LogP contribution in [-0.2, 0) is 22.5 Å². The Balaban J connectivity index is 2.21. The van der Waals surface area contributed by atoms with Crippen molar-refractivity contribution in [2.45, 2.75) is 108 Å². The lowest BCUT2D eigenvalue weighted by Gasteiger charge is -2.42. The fraction of sp³-hybridized carbons (Fsp3) is 0.955. The summed E-state index contributed by atoms with van der Waals surface area (Å²) in [5.41, 5.74) is 1.32. The van der Waals surface area contributed by atoms with Crippen LogP contribution in [0.5, 0.6) is 0 Å². The minimum Gasteiger partial charge on any atom is -0.518 e. The highest BCUT2D eigenvalue weighted by Gasteiger charge is 2.54. The van der Waals surface area contributed by atoms with Gasteiger partial charge in [0.1, 0.15) is 0 Å². The van der Waals surface area contributed by atoms with Gasteiger partial charge in [0, 0.05) is 27.4 Å². The van der Waals surface area contributed by atoms with E-state index in [0.717, 1.165) is 6.04 Å². The predicted molar refractivity (Wildman–Crippen MR) is 121 cm³/mol. The third-order valence-corrected chi connectivity index (χ3v) is 16.1. The molecule has 7 heteroatoms. The molecule has 0 heterocycles. The van der Waals surface area contributed by atoms with E-state index in [4.69, 9.17) is 17.7 Å². The van der Waals surface area contributed by atoms with Crippen molar-refractivity contribution < 1.29 is 22.5 Å². The molecule has 0 N–H and O–H groups in total. The first-order valence-corrected chi connectivity index (χ1v) is 16.1. The second-order valence-electron chi connectivity index (χ2n) is 9.20. The molecule has 2 aliphatic rings. The van der Waals surface area contributed by atoms with E-state index < -0.39 is 17.1 Å². The molecule has 1 unspecified atom stereocenters. The summed E-state index contributed by atoms with van der Waals surface area (Å²) >= 11 is 0. The normalized spacial score (nSPS) is 20.3. The maximum Gasteiger partial charge on any atom is 0.501 e. The van der Waals surface area contributed by atoms with E-state index in [1.165, 1.54) is 70.6 Å². The molecule has 1 atom stereocenters. The zero-order chi connectivity index (χ0) is 21.3. The molecule has 0 spiro atoms. The smallest absolute Gasteiger partial charge is 0.501 e. The van der Waals surface area contributed by atoms with Crippen molar-refractivity contribution in [3.8, 4) is 0 Å². The third-order valence-electron chi connectivity index (χ3n) is 7.45. The first-order valence-electron chi connectivity index (χ1n) is 11.8. The Hall–Kier alpha value is -0.216. The van der Waals surface area contributed by atoms with Gasteiger partial charge in [0.15, 0.2) is 0 Å². The molecule has 2 rings (SSSR count). The summed E-state index contributed by atoms with van der Waals surface area (Å²) in [6.07, 6.45) is 14.0. The molecule has 0 aliphatic heterocycles. The highest BCUT2D eigenvalue weighted by molar-refractivity contribution is 6.78. The summed E-state index contributed by atoms with van der Waals surface area (Å²) in [4.78, 5) is 13.4. The van der Waals surface area contributed by atoms with E-state index in [1.807, 2.05) is 6.92 Å². The fourth-order valence-electron chi connectivity index (χ4n) is 5.69. The largest absolute Gasteiger partial charge is 0.518 e. The van der Waals surface area contributed by atoms with E-state index in [1.54, 1.807) is 21.3 Å². The number of rotatable bonds is 13. The molecule has 170 valence electrons. The molecule has 29 heavy (non-hydrogen) atoms. The summed E-state index contributed by atoms with van der Waals surface area (Å²) in [5.74, 6) is -0.294. The average Bonchev–Trinajstić information content (AvgIpc) is 3.46. The fourth-order valence-corrected chi connectivity index (χ4v) is 13.7. The summed E-state index contributed by atoms with van der Waals surface area (Å²) in [6, 6.07) is 1.64.